The van der Waals surface area contributed by atoms with Crippen molar-refractivity contribution in [2.75, 3.05) is 12.4 Å². The molecule has 2 amide bonds. The summed E-state index contributed by atoms with van der Waals surface area (Å²) in [6.07, 6.45) is 4.39. The van der Waals surface area contributed by atoms with Gasteiger partial charge in [-0.25, -0.2) is 23.5 Å². The fourth-order valence-corrected chi connectivity index (χ4v) is 3.42. The van der Waals surface area contributed by atoms with Crippen LogP contribution in [0.4, 0.5) is 19.3 Å². The maximum atomic E-state index is 13.4. The van der Waals surface area contributed by atoms with Crippen LogP contribution in [-0.4, -0.2) is 34.8 Å². The van der Waals surface area contributed by atoms with Crippen LogP contribution in [-0.2, 0) is 12.8 Å². The van der Waals surface area contributed by atoms with Gasteiger partial charge in [-0.3, -0.25) is 10.3 Å². The van der Waals surface area contributed by atoms with Crippen LogP contribution in [0.2, 0.25) is 0 Å². The lowest BCUT2D eigenvalue weighted by Crippen LogP contribution is -2.34. The summed E-state index contributed by atoms with van der Waals surface area (Å²) < 4.78 is 32.9. The van der Waals surface area contributed by atoms with E-state index in [2.05, 4.69) is 51.6 Å². The Morgan fingerprint density at radius 2 is 1.86 bits per heavy atom. The fraction of sp³-hybridized carbons (Fsp3) is 0.308. The second-order valence-corrected chi connectivity index (χ2v) is 8.06. The average molecular weight is 482 g/mol. The van der Waals surface area contributed by atoms with Gasteiger partial charge >= 0.3 is 6.03 Å². The molecule has 0 fully saturated rings. The first-order valence-electron chi connectivity index (χ1n) is 11.3. The third-order valence-corrected chi connectivity index (χ3v) is 5.52. The van der Waals surface area contributed by atoms with Crippen molar-refractivity contribution in [2.24, 2.45) is 4.99 Å². The Labute approximate surface area is 203 Å². The minimum absolute atomic E-state index is 0.0135. The number of ether oxygens (including phenoxy) is 1. The number of rotatable bonds is 7. The first-order chi connectivity index (χ1) is 16.6. The average Bonchev–Trinajstić information content (AvgIpc) is 2.82. The number of nitrogens with one attached hydrogen (secondary N) is 2. The number of benzene rings is 2. The van der Waals surface area contributed by atoms with Crippen LogP contribution in [0.5, 0.6) is 11.6 Å². The summed E-state index contributed by atoms with van der Waals surface area (Å²) in [7, 11) is 1.40. The van der Waals surface area contributed by atoms with E-state index >= 15 is 0 Å². The predicted octanol–water partition coefficient (Wildman–Crippen LogP) is 6.30. The lowest BCUT2D eigenvalue weighted by molar-refractivity contribution is 0.0636. The Bertz CT molecular complexity index is 1280. The molecule has 1 aromatic heterocycles. The van der Waals surface area contributed by atoms with E-state index in [0.29, 0.717) is 17.3 Å². The fourth-order valence-electron chi connectivity index (χ4n) is 3.42. The van der Waals surface area contributed by atoms with Gasteiger partial charge in [0.05, 0.1) is 10.9 Å². The molecule has 184 valence electrons. The monoisotopic (exact) mass is 481 g/mol. The molecule has 0 unspecified atom stereocenters. The summed E-state index contributed by atoms with van der Waals surface area (Å²) in [5, 5.41) is 5.92. The number of amides is 2. The summed E-state index contributed by atoms with van der Waals surface area (Å²) in [5.41, 5.74) is 3.47. The first-order valence-corrected chi connectivity index (χ1v) is 11.3. The molecule has 0 aliphatic carbocycles. The SMILES string of the molecule is CCc1cc2ncnc(Oc3cccc(NC(=O)NC(/C=C(\C)C(C)(F)F)=NC)c3)c2cc1CC. The van der Waals surface area contributed by atoms with Gasteiger partial charge in [-0.15, -0.1) is 0 Å². The third-order valence-electron chi connectivity index (χ3n) is 5.52. The predicted molar refractivity (Wildman–Crippen MR) is 135 cm³/mol. The number of carbonyl (C=O) groups excluding carboxylic acids is 1. The second kappa shape index (κ2) is 11.0. The van der Waals surface area contributed by atoms with Crippen molar-refractivity contribution in [3.05, 3.63) is 65.5 Å². The van der Waals surface area contributed by atoms with Crippen molar-refractivity contribution in [3.8, 4) is 11.6 Å². The van der Waals surface area contributed by atoms with Gasteiger partial charge in [0.1, 0.15) is 17.9 Å². The molecule has 0 bridgehead atoms. The highest BCUT2D eigenvalue weighted by atomic mass is 19.3. The minimum Gasteiger partial charge on any atom is -0.438 e. The zero-order chi connectivity index (χ0) is 25.6. The molecular formula is C26H29F2N5O2. The molecule has 0 atom stereocenters. The van der Waals surface area contributed by atoms with Crippen LogP contribution in [0, 0.1) is 0 Å². The van der Waals surface area contributed by atoms with Crippen LogP contribution < -0.4 is 15.4 Å². The molecule has 1 heterocycles. The number of nitrogens with zero attached hydrogens (tertiary/aromatic N) is 3. The number of aliphatic imine (C=N–C) groups is 1. The molecule has 3 aromatic rings. The number of allylic oxidation sites excluding steroid dienone is 1. The molecular weight excluding hydrogens is 452 g/mol. The van der Waals surface area contributed by atoms with E-state index in [1.54, 1.807) is 24.3 Å². The molecule has 0 aliphatic heterocycles. The highest BCUT2D eigenvalue weighted by molar-refractivity contribution is 6.08. The summed E-state index contributed by atoms with van der Waals surface area (Å²) >= 11 is 0. The number of alkyl halides is 2. The van der Waals surface area contributed by atoms with Gasteiger partial charge in [0.25, 0.3) is 5.92 Å². The number of hydrogen-bond acceptors (Lipinski definition) is 5. The van der Waals surface area contributed by atoms with Gasteiger partial charge < -0.3 is 10.1 Å². The van der Waals surface area contributed by atoms with Crippen molar-refractivity contribution in [1.29, 1.82) is 0 Å². The largest absolute Gasteiger partial charge is 0.438 e. The highest BCUT2D eigenvalue weighted by Crippen LogP contribution is 2.30. The van der Waals surface area contributed by atoms with Crippen LogP contribution in [0.1, 0.15) is 38.8 Å². The molecule has 0 radical (unpaired) electrons. The van der Waals surface area contributed by atoms with Crippen LogP contribution >= 0.6 is 0 Å². The normalized spacial score (nSPS) is 12.5. The van der Waals surface area contributed by atoms with Crippen molar-refractivity contribution in [3.63, 3.8) is 0 Å². The lowest BCUT2D eigenvalue weighted by atomic mass is 10.0. The summed E-state index contributed by atoms with van der Waals surface area (Å²) in [5.74, 6) is -2.12. The van der Waals surface area contributed by atoms with E-state index in [4.69, 9.17) is 4.74 Å². The second-order valence-electron chi connectivity index (χ2n) is 8.06. The number of anilines is 1. The third kappa shape index (κ3) is 6.59. The standard InChI is InChI=1S/C26H29F2N5O2/c1-6-17-12-21-22(13-18(17)7-2)30-15-31-24(21)35-20-10-8-9-19(14-20)32-25(34)33-23(29-5)11-16(3)26(4,27)28/h8-15H,6-7H2,1-5H3,(H2,29,32,33,34)/b16-11+. The van der Waals surface area contributed by atoms with Crippen molar-refractivity contribution >= 4 is 28.5 Å². The number of fused-ring (bicyclic) bond motifs is 1. The minimum atomic E-state index is -3.01. The number of aromatic nitrogens is 2. The van der Waals surface area contributed by atoms with Gasteiger partial charge in [-0.1, -0.05) is 19.9 Å². The van der Waals surface area contributed by atoms with Crippen molar-refractivity contribution < 1.29 is 18.3 Å². The van der Waals surface area contributed by atoms with E-state index in [0.717, 1.165) is 36.7 Å². The maximum Gasteiger partial charge on any atom is 0.324 e. The zero-order valence-corrected chi connectivity index (χ0v) is 20.4. The molecule has 35 heavy (non-hydrogen) atoms. The number of amidine groups is 1. The summed E-state index contributed by atoms with van der Waals surface area (Å²) in [4.78, 5) is 24.9. The summed E-state index contributed by atoms with van der Waals surface area (Å²) in [6, 6.07) is 10.3. The number of aryl methyl sites for hydroxylation is 2. The maximum absolute atomic E-state index is 13.4. The van der Waals surface area contributed by atoms with E-state index in [1.165, 1.54) is 31.4 Å². The number of hydrogen-bond donors (Lipinski definition) is 2. The molecule has 0 saturated carbocycles. The molecule has 2 aromatic carbocycles. The number of urea groups is 1. The van der Waals surface area contributed by atoms with E-state index in [-0.39, 0.29) is 11.4 Å². The number of halogens is 2. The Balaban J connectivity index is 1.78. The Morgan fingerprint density at radius 1 is 1.14 bits per heavy atom. The molecule has 0 aliphatic rings. The van der Waals surface area contributed by atoms with Gasteiger partial charge in [-0.05, 0) is 66.8 Å². The van der Waals surface area contributed by atoms with Gasteiger partial charge in [0.2, 0.25) is 5.88 Å². The molecule has 0 saturated heterocycles. The molecule has 9 heteroatoms. The topological polar surface area (TPSA) is 88.5 Å². The van der Waals surface area contributed by atoms with E-state index in [1.807, 2.05) is 0 Å². The van der Waals surface area contributed by atoms with E-state index in [9.17, 15) is 13.6 Å². The molecule has 0 spiro atoms. The van der Waals surface area contributed by atoms with Gasteiger partial charge in [0.15, 0.2) is 0 Å². The van der Waals surface area contributed by atoms with Crippen molar-refractivity contribution in [1.82, 2.24) is 15.3 Å². The van der Waals surface area contributed by atoms with Gasteiger partial charge in [-0.2, -0.15) is 0 Å². The molecule has 7 nitrogen and oxygen atoms in total. The van der Waals surface area contributed by atoms with Crippen LogP contribution in [0.3, 0.4) is 0 Å². The van der Waals surface area contributed by atoms with Crippen LogP contribution in [0.15, 0.2) is 59.4 Å². The van der Waals surface area contributed by atoms with Crippen molar-refractivity contribution in [2.45, 2.75) is 46.5 Å². The Morgan fingerprint density at radius 3 is 2.51 bits per heavy atom. The quantitative estimate of drug-likeness (QED) is 0.306. The Hall–Kier alpha value is -3.88. The smallest absolute Gasteiger partial charge is 0.324 e. The molecule has 3 rings (SSSR count). The number of carbonyl (C=O) groups is 1. The lowest BCUT2D eigenvalue weighted by Gasteiger charge is -2.13. The summed E-state index contributed by atoms with van der Waals surface area (Å²) in [6.45, 7) is 6.27. The molecule has 2 N–H and O–H groups in total. The Kier molecular flexibility index (Phi) is 8.11. The first kappa shape index (κ1) is 25.7. The van der Waals surface area contributed by atoms with Gasteiger partial charge in [0, 0.05) is 25.7 Å². The zero-order valence-electron chi connectivity index (χ0n) is 20.4. The highest BCUT2D eigenvalue weighted by Gasteiger charge is 2.24. The van der Waals surface area contributed by atoms with Crippen LogP contribution in [0.25, 0.3) is 10.9 Å². The van der Waals surface area contributed by atoms with E-state index < -0.39 is 12.0 Å².